The summed E-state index contributed by atoms with van der Waals surface area (Å²) in [6.45, 7) is 6.79. The molecule has 2 saturated heterocycles. The molecule has 0 radical (unpaired) electrons. The summed E-state index contributed by atoms with van der Waals surface area (Å²) in [4.78, 5) is 37.5. The van der Waals surface area contributed by atoms with Gasteiger partial charge in [-0.2, -0.15) is 0 Å². The molecule has 0 amide bonds. The second-order valence-electron chi connectivity index (χ2n) is 11.2. The highest BCUT2D eigenvalue weighted by molar-refractivity contribution is 6.33. The number of piperidine rings is 1. The minimum atomic E-state index is -0.529. The number of aromatic nitrogens is 1. The number of aliphatic hydroxyl groups excluding tert-OH is 1. The van der Waals surface area contributed by atoms with Crippen molar-refractivity contribution in [3.63, 3.8) is 0 Å². The molecule has 0 bridgehead atoms. The maximum absolute atomic E-state index is 12.1. The Balaban J connectivity index is 1.20. The van der Waals surface area contributed by atoms with Crippen molar-refractivity contribution in [3.05, 3.63) is 72.6 Å². The molecule has 2 aliphatic rings. The van der Waals surface area contributed by atoms with Gasteiger partial charge in [-0.1, -0.05) is 42.3 Å². The van der Waals surface area contributed by atoms with Gasteiger partial charge in [-0.15, -0.1) is 0 Å². The smallest absolute Gasteiger partial charge is 0.253 e. The molecular weight excluding hydrogens is 563 g/mol. The molecule has 1 aromatic heterocycles. The van der Waals surface area contributed by atoms with E-state index in [4.69, 9.17) is 23.2 Å². The second-order valence-corrected chi connectivity index (χ2v) is 12.0. The number of nitrogens with one attached hydrogen (secondary N) is 1. The van der Waals surface area contributed by atoms with Gasteiger partial charge in [-0.25, -0.2) is 4.98 Å². The molecular formula is C30H38Cl2N6O3. The predicted octanol–water partition coefficient (Wildman–Crippen LogP) is 3.89. The van der Waals surface area contributed by atoms with Crippen LogP contribution in [0.3, 0.4) is 0 Å². The van der Waals surface area contributed by atoms with Crippen molar-refractivity contribution in [3.8, 4) is 0 Å². The highest BCUT2D eigenvalue weighted by Crippen LogP contribution is 2.33. The zero-order valence-electron chi connectivity index (χ0n) is 23.8. The van der Waals surface area contributed by atoms with Crippen LogP contribution in [0.2, 0.25) is 10.0 Å². The second kappa shape index (κ2) is 12.7. The van der Waals surface area contributed by atoms with Gasteiger partial charge in [-0.05, 0) is 43.0 Å². The quantitative estimate of drug-likeness (QED) is 0.355. The number of hydrogen-bond acceptors (Lipinski definition) is 9. The summed E-state index contributed by atoms with van der Waals surface area (Å²) in [6.07, 6.45) is 4.81. The van der Waals surface area contributed by atoms with Crippen LogP contribution in [0, 0.1) is 0 Å². The molecule has 2 fully saturated rings. The third-order valence-electron chi connectivity index (χ3n) is 8.56. The summed E-state index contributed by atoms with van der Waals surface area (Å²) in [6, 6.07) is 10.4. The lowest BCUT2D eigenvalue weighted by Crippen LogP contribution is -2.58. The van der Waals surface area contributed by atoms with Crippen LogP contribution in [0.1, 0.15) is 37.8 Å². The van der Waals surface area contributed by atoms with Crippen LogP contribution in [0.15, 0.2) is 46.1 Å². The van der Waals surface area contributed by atoms with Crippen LogP contribution in [0.4, 0.5) is 22.9 Å². The molecule has 0 saturated carbocycles. The first-order chi connectivity index (χ1) is 19.7. The van der Waals surface area contributed by atoms with E-state index in [0.29, 0.717) is 33.5 Å². The minimum Gasteiger partial charge on any atom is -0.394 e. The zero-order valence-corrected chi connectivity index (χ0v) is 25.3. The summed E-state index contributed by atoms with van der Waals surface area (Å²) >= 11 is 12.8. The van der Waals surface area contributed by atoms with E-state index in [0.717, 1.165) is 63.4 Å². The fourth-order valence-corrected chi connectivity index (χ4v) is 6.76. The van der Waals surface area contributed by atoms with E-state index in [1.807, 2.05) is 24.3 Å². The van der Waals surface area contributed by atoms with Crippen molar-refractivity contribution in [1.82, 2.24) is 14.8 Å². The van der Waals surface area contributed by atoms with Crippen LogP contribution >= 0.6 is 23.2 Å². The number of anilines is 4. The van der Waals surface area contributed by atoms with Gasteiger partial charge < -0.3 is 20.2 Å². The minimum absolute atomic E-state index is 0.00799. The fourth-order valence-electron chi connectivity index (χ4n) is 6.35. The standard InChI is InChI=1S/C30H38Cl2N6O3/c1-4-22-17-37(30-24(32)15-21(16-33-30)34-26-27(35(2)3)29(41)28(26)40)13-14-38(22)23-9-11-36(12-10-23)25(18-39)19-5-7-20(31)8-6-19/h5-8,15-16,22-23,25,34,39H,4,9-14,17-18H2,1-3H3/t22-,25?/m0/s1. The van der Waals surface area contributed by atoms with Gasteiger partial charge in [0.25, 0.3) is 10.9 Å². The van der Waals surface area contributed by atoms with Gasteiger partial charge in [-0.3, -0.25) is 19.4 Å². The van der Waals surface area contributed by atoms with E-state index in [-0.39, 0.29) is 18.3 Å². The van der Waals surface area contributed by atoms with Crippen molar-refractivity contribution >= 4 is 46.1 Å². The van der Waals surface area contributed by atoms with Gasteiger partial charge in [0, 0.05) is 63.9 Å². The Morgan fingerprint density at radius 2 is 1.78 bits per heavy atom. The molecule has 5 rings (SSSR count). The summed E-state index contributed by atoms with van der Waals surface area (Å²) in [5.41, 5.74) is 1.29. The lowest BCUT2D eigenvalue weighted by atomic mass is 9.96. The number of halogens is 2. The maximum atomic E-state index is 12.1. The third kappa shape index (κ3) is 6.10. The molecule has 2 aromatic carbocycles. The van der Waals surface area contributed by atoms with Gasteiger partial charge in [0.1, 0.15) is 17.2 Å². The first-order valence-electron chi connectivity index (χ1n) is 14.3. The Labute approximate surface area is 251 Å². The summed E-state index contributed by atoms with van der Waals surface area (Å²) in [5.74, 6) is 0.733. The summed E-state index contributed by atoms with van der Waals surface area (Å²) in [7, 11) is 3.46. The summed E-state index contributed by atoms with van der Waals surface area (Å²) < 4.78 is 0. The molecule has 3 aromatic rings. The van der Waals surface area contributed by atoms with Gasteiger partial charge in [0.2, 0.25) is 0 Å². The molecule has 3 heterocycles. The van der Waals surface area contributed by atoms with E-state index in [1.165, 1.54) is 0 Å². The Bertz CT molecular complexity index is 1420. The number of aliphatic hydroxyl groups is 1. The molecule has 2 atom stereocenters. The van der Waals surface area contributed by atoms with E-state index >= 15 is 0 Å². The molecule has 0 spiro atoms. The van der Waals surface area contributed by atoms with Gasteiger partial charge in [0.05, 0.1) is 29.6 Å². The number of hydrogen-bond donors (Lipinski definition) is 2. The highest BCUT2D eigenvalue weighted by Gasteiger charge is 2.35. The van der Waals surface area contributed by atoms with E-state index in [9.17, 15) is 14.7 Å². The number of piperazine rings is 1. The average Bonchev–Trinajstić information content (AvgIpc) is 2.98. The molecule has 9 nitrogen and oxygen atoms in total. The normalized spacial score (nSPS) is 20.0. The SMILES string of the molecule is CC[C@H]1CN(c2ncc(Nc3c(N(C)C)c(=O)c3=O)cc2Cl)CCN1C1CCN(C(CO)c2ccc(Cl)cc2)CC1. The lowest BCUT2D eigenvalue weighted by molar-refractivity contribution is 0.0356. The van der Waals surface area contributed by atoms with E-state index in [1.54, 1.807) is 31.3 Å². The van der Waals surface area contributed by atoms with Crippen LogP contribution in [-0.2, 0) is 0 Å². The number of nitrogens with zero attached hydrogens (tertiary/aromatic N) is 5. The Morgan fingerprint density at radius 1 is 1.07 bits per heavy atom. The third-order valence-corrected chi connectivity index (χ3v) is 9.09. The fraction of sp³-hybridized carbons (Fsp3) is 0.500. The first-order valence-corrected chi connectivity index (χ1v) is 15.0. The van der Waals surface area contributed by atoms with Crippen molar-refractivity contribution < 1.29 is 5.11 Å². The Kier molecular flexibility index (Phi) is 9.21. The van der Waals surface area contributed by atoms with Crippen LogP contribution < -0.4 is 26.0 Å². The first kappa shape index (κ1) is 29.8. The number of pyridine rings is 1. The summed E-state index contributed by atoms with van der Waals surface area (Å²) in [5, 5.41) is 14.4. The van der Waals surface area contributed by atoms with Crippen molar-refractivity contribution in [2.24, 2.45) is 0 Å². The molecule has 41 heavy (non-hydrogen) atoms. The van der Waals surface area contributed by atoms with E-state index in [2.05, 4.69) is 31.9 Å². The molecule has 220 valence electrons. The monoisotopic (exact) mass is 600 g/mol. The Hall–Kier alpha value is -2.69. The van der Waals surface area contributed by atoms with Crippen LogP contribution in [0.5, 0.6) is 0 Å². The molecule has 2 aliphatic heterocycles. The van der Waals surface area contributed by atoms with Gasteiger partial charge in [0.15, 0.2) is 0 Å². The Morgan fingerprint density at radius 3 is 2.39 bits per heavy atom. The molecule has 1 unspecified atom stereocenters. The topological polar surface area (TPSA) is 92.2 Å². The largest absolute Gasteiger partial charge is 0.394 e. The highest BCUT2D eigenvalue weighted by atomic mass is 35.5. The molecule has 11 heteroatoms. The predicted molar refractivity (Wildman–Crippen MR) is 167 cm³/mol. The molecule has 2 N–H and O–H groups in total. The maximum Gasteiger partial charge on any atom is 0.253 e. The number of benzene rings is 1. The zero-order chi connectivity index (χ0) is 29.3. The van der Waals surface area contributed by atoms with Crippen molar-refractivity contribution in [2.45, 2.75) is 44.3 Å². The van der Waals surface area contributed by atoms with Crippen LogP contribution in [-0.4, -0.2) is 85.4 Å². The van der Waals surface area contributed by atoms with Crippen LogP contribution in [0.25, 0.3) is 0 Å². The average molecular weight is 602 g/mol. The van der Waals surface area contributed by atoms with Crippen molar-refractivity contribution in [1.29, 1.82) is 0 Å². The van der Waals surface area contributed by atoms with Gasteiger partial charge >= 0.3 is 0 Å². The number of likely N-dealkylation sites (tertiary alicyclic amines) is 1. The van der Waals surface area contributed by atoms with Crippen molar-refractivity contribution in [2.75, 3.05) is 68.5 Å². The lowest BCUT2D eigenvalue weighted by Gasteiger charge is -2.48. The number of rotatable bonds is 9. The van der Waals surface area contributed by atoms with E-state index < -0.39 is 10.9 Å². The molecule has 0 aliphatic carbocycles.